The first-order chi connectivity index (χ1) is 8.66. The average Bonchev–Trinajstić information content (AvgIpc) is 2.99. The predicted octanol–water partition coefficient (Wildman–Crippen LogP) is 1.93. The van der Waals surface area contributed by atoms with Gasteiger partial charge in [0, 0.05) is 31.2 Å². The normalized spacial score (nSPS) is 28.3. The third-order valence-electron chi connectivity index (χ3n) is 4.98. The molecule has 0 spiro atoms. The monoisotopic (exact) mass is 253 g/mol. The second-order valence-corrected chi connectivity index (χ2v) is 6.45. The highest BCUT2D eigenvalue weighted by atomic mass is 15.2. The lowest BCUT2D eigenvalue weighted by Crippen LogP contribution is -2.45. The second-order valence-electron chi connectivity index (χ2n) is 6.45. The molecule has 2 aliphatic rings. The van der Waals surface area contributed by atoms with Crippen molar-refractivity contribution < 1.29 is 0 Å². The van der Waals surface area contributed by atoms with E-state index in [-0.39, 0.29) is 0 Å². The van der Waals surface area contributed by atoms with Gasteiger partial charge in [-0.2, -0.15) is 0 Å². The molecule has 1 heterocycles. The first kappa shape index (κ1) is 14.3. The minimum Gasteiger partial charge on any atom is -0.312 e. The summed E-state index contributed by atoms with van der Waals surface area (Å²) in [5, 5.41) is 3.74. The fourth-order valence-electron chi connectivity index (χ4n) is 3.35. The van der Waals surface area contributed by atoms with Crippen LogP contribution in [0.5, 0.6) is 0 Å². The highest BCUT2D eigenvalue weighted by molar-refractivity contribution is 4.82. The molecule has 1 N–H and O–H groups in total. The fourth-order valence-corrected chi connectivity index (χ4v) is 3.35. The molecule has 0 aromatic carbocycles. The lowest BCUT2D eigenvalue weighted by atomic mass is 10.1. The van der Waals surface area contributed by atoms with Crippen LogP contribution in [0.4, 0.5) is 0 Å². The molecular weight excluding hydrogens is 222 g/mol. The number of likely N-dealkylation sites (N-methyl/N-ethyl adjacent to an activating group) is 2. The van der Waals surface area contributed by atoms with E-state index in [1.54, 1.807) is 0 Å². The van der Waals surface area contributed by atoms with E-state index >= 15 is 0 Å². The Balaban J connectivity index is 1.65. The quantitative estimate of drug-likeness (QED) is 0.780. The molecule has 2 unspecified atom stereocenters. The first-order valence-corrected chi connectivity index (χ1v) is 7.80. The van der Waals surface area contributed by atoms with E-state index in [0.29, 0.717) is 6.04 Å². The highest BCUT2D eigenvalue weighted by Crippen LogP contribution is 2.18. The number of likely N-dealkylation sites (tertiary alicyclic amines) is 1. The molecule has 0 aromatic heterocycles. The van der Waals surface area contributed by atoms with Gasteiger partial charge in [0.1, 0.15) is 0 Å². The van der Waals surface area contributed by atoms with Gasteiger partial charge < -0.3 is 15.1 Å². The van der Waals surface area contributed by atoms with Gasteiger partial charge in [-0.25, -0.2) is 0 Å². The summed E-state index contributed by atoms with van der Waals surface area (Å²) in [4.78, 5) is 5.06. The van der Waals surface area contributed by atoms with E-state index < -0.39 is 0 Å². The van der Waals surface area contributed by atoms with Crippen molar-refractivity contribution >= 4 is 0 Å². The molecule has 0 radical (unpaired) electrons. The summed E-state index contributed by atoms with van der Waals surface area (Å²) in [6.07, 6.45) is 8.39. The Kier molecular flexibility index (Phi) is 5.46. The van der Waals surface area contributed by atoms with E-state index in [1.807, 2.05) is 0 Å². The van der Waals surface area contributed by atoms with Crippen LogP contribution in [0.2, 0.25) is 0 Å². The third-order valence-corrected chi connectivity index (χ3v) is 4.98. The zero-order valence-electron chi connectivity index (χ0n) is 12.5. The molecule has 1 aliphatic carbocycles. The van der Waals surface area contributed by atoms with Crippen molar-refractivity contribution in [1.29, 1.82) is 0 Å². The summed E-state index contributed by atoms with van der Waals surface area (Å²) in [5.74, 6) is 0. The van der Waals surface area contributed by atoms with E-state index in [1.165, 1.54) is 51.6 Å². The van der Waals surface area contributed by atoms with Gasteiger partial charge in [0.25, 0.3) is 0 Å². The Morgan fingerprint density at radius 1 is 1.22 bits per heavy atom. The number of hydrogen-bond donors (Lipinski definition) is 1. The van der Waals surface area contributed by atoms with Gasteiger partial charge in [-0.15, -0.1) is 0 Å². The minimum absolute atomic E-state index is 0.652. The summed E-state index contributed by atoms with van der Waals surface area (Å²) < 4.78 is 0. The number of hydrogen-bond acceptors (Lipinski definition) is 3. The molecule has 0 aromatic rings. The van der Waals surface area contributed by atoms with Crippen molar-refractivity contribution in [2.45, 2.75) is 63.6 Å². The highest BCUT2D eigenvalue weighted by Gasteiger charge is 2.24. The average molecular weight is 253 g/mol. The summed E-state index contributed by atoms with van der Waals surface area (Å²) in [6.45, 7) is 6.02. The first-order valence-electron chi connectivity index (χ1n) is 7.80. The van der Waals surface area contributed by atoms with Gasteiger partial charge in [-0.05, 0) is 53.2 Å². The minimum atomic E-state index is 0.652. The maximum absolute atomic E-state index is 3.74. The van der Waals surface area contributed by atoms with Crippen LogP contribution in [0.3, 0.4) is 0 Å². The Bertz CT molecular complexity index is 238. The molecule has 0 amide bonds. The molecule has 2 atom stereocenters. The number of nitrogens with zero attached hydrogens (tertiary/aromatic N) is 2. The maximum atomic E-state index is 3.74. The number of nitrogens with one attached hydrogen (secondary N) is 1. The molecule has 3 heteroatoms. The van der Waals surface area contributed by atoms with Crippen LogP contribution >= 0.6 is 0 Å². The molecule has 1 saturated carbocycles. The largest absolute Gasteiger partial charge is 0.312 e. The summed E-state index contributed by atoms with van der Waals surface area (Å²) in [6, 6.07) is 2.23. The molecule has 1 aliphatic heterocycles. The molecule has 3 nitrogen and oxygen atoms in total. The SMILES string of the molecule is CC(CNC1CCCC1)N(C)CC1CCCN1C. The van der Waals surface area contributed by atoms with Crippen LogP contribution < -0.4 is 5.32 Å². The van der Waals surface area contributed by atoms with Crippen LogP contribution in [0.25, 0.3) is 0 Å². The molecule has 1 saturated heterocycles. The van der Waals surface area contributed by atoms with Crippen molar-refractivity contribution in [3.63, 3.8) is 0 Å². The Labute approximate surface area is 113 Å². The van der Waals surface area contributed by atoms with Gasteiger partial charge in [0.05, 0.1) is 0 Å². The van der Waals surface area contributed by atoms with Crippen molar-refractivity contribution in [3.8, 4) is 0 Å². The van der Waals surface area contributed by atoms with E-state index in [9.17, 15) is 0 Å². The zero-order valence-corrected chi connectivity index (χ0v) is 12.5. The summed E-state index contributed by atoms with van der Waals surface area (Å²) in [5.41, 5.74) is 0. The smallest absolute Gasteiger partial charge is 0.0220 e. The Hall–Kier alpha value is -0.120. The molecule has 106 valence electrons. The van der Waals surface area contributed by atoms with Crippen LogP contribution in [-0.4, -0.2) is 61.7 Å². The van der Waals surface area contributed by atoms with E-state index in [0.717, 1.165) is 18.6 Å². The lowest BCUT2D eigenvalue weighted by Gasteiger charge is -2.31. The molecule has 0 bridgehead atoms. The summed E-state index contributed by atoms with van der Waals surface area (Å²) >= 11 is 0. The van der Waals surface area contributed by atoms with Crippen LogP contribution in [-0.2, 0) is 0 Å². The number of rotatable bonds is 6. The van der Waals surface area contributed by atoms with Gasteiger partial charge in [-0.1, -0.05) is 12.8 Å². The zero-order chi connectivity index (χ0) is 13.0. The van der Waals surface area contributed by atoms with Crippen molar-refractivity contribution in [2.75, 3.05) is 33.7 Å². The second kappa shape index (κ2) is 6.88. The van der Waals surface area contributed by atoms with E-state index in [4.69, 9.17) is 0 Å². The standard InChI is InChI=1S/C15H31N3/c1-13(11-16-14-7-4-5-8-14)18(3)12-15-9-6-10-17(15)2/h13-16H,4-12H2,1-3H3. The van der Waals surface area contributed by atoms with Crippen LogP contribution in [0, 0.1) is 0 Å². The predicted molar refractivity (Wildman–Crippen MR) is 78.0 cm³/mol. The van der Waals surface area contributed by atoms with Gasteiger partial charge in [0.2, 0.25) is 0 Å². The summed E-state index contributed by atoms with van der Waals surface area (Å²) in [7, 11) is 4.56. The maximum Gasteiger partial charge on any atom is 0.0220 e. The van der Waals surface area contributed by atoms with Crippen molar-refractivity contribution in [2.24, 2.45) is 0 Å². The van der Waals surface area contributed by atoms with Gasteiger partial charge in [0.15, 0.2) is 0 Å². The Morgan fingerprint density at radius 3 is 2.56 bits per heavy atom. The van der Waals surface area contributed by atoms with Crippen LogP contribution in [0.15, 0.2) is 0 Å². The Morgan fingerprint density at radius 2 is 1.94 bits per heavy atom. The fraction of sp³-hybridized carbons (Fsp3) is 1.00. The molecule has 2 rings (SSSR count). The topological polar surface area (TPSA) is 18.5 Å². The molecule has 2 fully saturated rings. The van der Waals surface area contributed by atoms with Gasteiger partial charge >= 0.3 is 0 Å². The third kappa shape index (κ3) is 3.94. The molecule has 18 heavy (non-hydrogen) atoms. The van der Waals surface area contributed by atoms with E-state index in [2.05, 4.69) is 36.1 Å². The molecular formula is C15H31N3. The van der Waals surface area contributed by atoms with Gasteiger partial charge in [-0.3, -0.25) is 0 Å². The van der Waals surface area contributed by atoms with Crippen molar-refractivity contribution in [1.82, 2.24) is 15.1 Å². The lowest BCUT2D eigenvalue weighted by molar-refractivity contribution is 0.179. The van der Waals surface area contributed by atoms with Crippen LogP contribution in [0.1, 0.15) is 45.4 Å². The van der Waals surface area contributed by atoms with Crippen molar-refractivity contribution in [3.05, 3.63) is 0 Å².